The molecule has 1 N–H and O–H groups in total. The fourth-order valence-corrected chi connectivity index (χ4v) is 5.27. The van der Waals surface area contributed by atoms with E-state index in [9.17, 15) is 19.5 Å². The molecule has 164 valence electrons. The Hall–Kier alpha value is -3.50. The van der Waals surface area contributed by atoms with Crippen molar-refractivity contribution in [1.29, 1.82) is 0 Å². The first kappa shape index (κ1) is 21.7. The van der Waals surface area contributed by atoms with Crippen LogP contribution < -0.4 is 9.64 Å². The Morgan fingerprint density at radius 2 is 1.97 bits per heavy atom. The largest absolute Gasteiger partial charge is 0.507 e. The lowest BCUT2D eigenvalue weighted by atomic mass is 10.00. The van der Waals surface area contributed by atoms with Gasteiger partial charge in [0.1, 0.15) is 22.4 Å². The first-order chi connectivity index (χ1) is 15.4. The van der Waals surface area contributed by atoms with Gasteiger partial charge in [-0.2, -0.15) is 0 Å². The molecule has 1 aromatic carbocycles. The van der Waals surface area contributed by atoms with Gasteiger partial charge in [0, 0.05) is 10.4 Å². The number of aliphatic hydroxyl groups excluding tert-OH is 1. The van der Waals surface area contributed by atoms with E-state index in [0.717, 1.165) is 11.3 Å². The number of hydrogen-bond donors (Lipinski definition) is 1. The van der Waals surface area contributed by atoms with Crippen LogP contribution in [-0.2, 0) is 14.3 Å². The highest BCUT2D eigenvalue weighted by Gasteiger charge is 2.48. The number of ketones is 1. The summed E-state index contributed by atoms with van der Waals surface area (Å²) in [6.45, 7) is 1.62. The number of ether oxygens (including phenoxy) is 2. The molecular formula is C22H18N2O6S2. The molecule has 3 heterocycles. The smallest absolute Gasteiger partial charge is 0.350 e. The highest BCUT2D eigenvalue weighted by atomic mass is 32.1. The maximum atomic E-state index is 13.1. The van der Waals surface area contributed by atoms with Crippen molar-refractivity contribution in [2.45, 2.75) is 13.0 Å². The number of aryl methyl sites for hydroxylation is 1. The highest BCUT2D eigenvalue weighted by molar-refractivity contribution is 7.18. The Labute approximate surface area is 191 Å². The number of thiophene rings is 1. The zero-order chi connectivity index (χ0) is 23.0. The molecule has 1 saturated heterocycles. The van der Waals surface area contributed by atoms with Crippen molar-refractivity contribution in [2.24, 2.45) is 0 Å². The summed E-state index contributed by atoms with van der Waals surface area (Å²) >= 11 is 2.30. The Kier molecular flexibility index (Phi) is 5.81. The number of thiazole rings is 1. The number of carbonyl (C=O) groups is 3. The molecule has 0 bridgehead atoms. The van der Waals surface area contributed by atoms with Crippen LogP contribution in [0.5, 0.6) is 5.75 Å². The highest BCUT2D eigenvalue weighted by Crippen LogP contribution is 2.45. The standard InChI is InChI=1S/C22H18N2O6S2/c1-11-19(21(28)30-3)32-22(23-11)24-16(14-8-5-9-31-14)15(18(26)20(24)27)17(25)12-6-4-7-13(10-12)29-2/h4-10,16,25H,1-3H3/b17-15+. The van der Waals surface area contributed by atoms with Gasteiger partial charge in [0.05, 0.1) is 25.5 Å². The number of Topliss-reactive ketones (excluding diaryl/α,β-unsaturated/α-hetero) is 1. The van der Waals surface area contributed by atoms with Crippen molar-refractivity contribution >= 4 is 51.2 Å². The van der Waals surface area contributed by atoms with Crippen LogP contribution in [0.4, 0.5) is 5.13 Å². The number of aliphatic hydroxyl groups is 1. The third-order valence-electron chi connectivity index (χ3n) is 4.96. The molecule has 1 unspecified atom stereocenters. The molecule has 32 heavy (non-hydrogen) atoms. The number of rotatable bonds is 5. The first-order valence-electron chi connectivity index (χ1n) is 9.42. The molecule has 1 aliphatic rings. The second kappa shape index (κ2) is 8.56. The molecule has 0 aliphatic carbocycles. The number of nitrogens with zero attached hydrogens (tertiary/aromatic N) is 2. The molecule has 1 atom stereocenters. The topological polar surface area (TPSA) is 106 Å². The van der Waals surface area contributed by atoms with Gasteiger partial charge < -0.3 is 14.6 Å². The number of esters is 1. The molecule has 4 rings (SSSR count). The van der Waals surface area contributed by atoms with Crippen LogP contribution in [0.2, 0.25) is 0 Å². The van der Waals surface area contributed by atoms with E-state index in [1.165, 1.54) is 30.5 Å². The van der Waals surface area contributed by atoms with E-state index in [4.69, 9.17) is 9.47 Å². The van der Waals surface area contributed by atoms with Gasteiger partial charge in [0.2, 0.25) is 0 Å². The molecule has 10 heteroatoms. The summed E-state index contributed by atoms with van der Waals surface area (Å²) in [5, 5.41) is 13.1. The van der Waals surface area contributed by atoms with Crippen LogP contribution in [0.3, 0.4) is 0 Å². The second-order valence-corrected chi connectivity index (χ2v) is 8.78. The Bertz CT molecular complexity index is 1250. The van der Waals surface area contributed by atoms with E-state index in [-0.39, 0.29) is 21.3 Å². The average molecular weight is 471 g/mol. The van der Waals surface area contributed by atoms with Crippen molar-refractivity contribution in [1.82, 2.24) is 4.98 Å². The summed E-state index contributed by atoms with van der Waals surface area (Å²) in [6, 6.07) is 9.26. The van der Waals surface area contributed by atoms with Crippen LogP contribution >= 0.6 is 22.7 Å². The van der Waals surface area contributed by atoms with Crippen molar-refractivity contribution in [2.75, 3.05) is 19.1 Å². The minimum atomic E-state index is -0.891. The van der Waals surface area contributed by atoms with E-state index >= 15 is 0 Å². The van der Waals surface area contributed by atoms with Crippen LogP contribution in [0, 0.1) is 6.92 Å². The number of aromatic nitrogens is 1. The summed E-state index contributed by atoms with van der Waals surface area (Å²) in [6.07, 6.45) is 0. The van der Waals surface area contributed by atoms with Gasteiger partial charge in [0.25, 0.3) is 5.78 Å². The summed E-state index contributed by atoms with van der Waals surface area (Å²) in [5.41, 5.74) is 0.670. The zero-order valence-corrected chi connectivity index (χ0v) is 19.0. The molecule has 2 aromatic heterocycles. The average Bonchev–Trinajstić information content (AvgIpc) is 3.52. The minimum absolute atomic E-state index is 0.0572. The van der Waals surface area contributed by atoms with Gasteiger partial charge >= 0.3 is 11.9 Å². The number of amides is 1. The minimum Gasteiger partial charge on any atom is -0.507 e. The lowest BCUT2D eigenvalue weighted by Gasteiger charge is -2.21. The molecule has 1 fully saturated rings. The van der Waals surface area contributed by atoms with E-state index in [1.54, 1.807) is 43.3 Å². The molecule has 0 spiro atoms. The normalized spacial score (nSPS) is 17.6. The zero-order valence-electron chi connectivity index (χ0n) is 17.3. The molecule has 0 radical (unpaired) electrons. The van der Waals surface area contributed by atoms with Crippen molar-refractivity contribution in [3.8, 4) is 5.75 Å². The molecule has 1 amide bonds. The molecule has 8 nitrogen and oxygen atoms in total. The maximum absolute atomic E-state index is 13.1. The maximum Gasteiger partial charge on any atom is 0.350 e. The Morgan fingerprint density at radius 3 is 2.62 bits per heavy atom. The van der Waals surface area contributed by atoms with Crippen molar-refractivity contribution in [3.05, 3.63) is 68.4 Å². The summed E-state index contributed by atoms with van der Waals surface area (Å²) in [4.78, 5) is 44.7. The molecule has 1 aliphatic heterocycles. The SMILES string of the molecule is COC(=O)c1sc(N2C(=O)C(=O)/C(=C(/O)c3cccc(OC)c3)C2c2cccs2)nc1C. The van der Waals surface area contributed by atoms with Crippen LogP contribution in [-0.4, -0.2) is 42.0 Å². The van der Waals surface area contributed by atoms with Gasteiger partial charge in [-0.25, -0.2) is 9.78 Å². The number of benzene rings is 1. The number of carbonyl (C=O) groups excluding carboxylic acids is 3. The van der Waals surface area contributed by atoms with E-state index in [2.05, 4.69) is 4.98 Å². The fourth-order valence-electron chi connectivity index (χ4n) is 3.44. The summed E-state index contributed by atoms with van der Waals surface area (Å²) in [7, 11) is 2.75. The number of anilines is 1. The number of methoxy groups -OCH3 is 2. The predicted octanol–water partition coefficient (Wildman–Crippen LogP) is 3.93. The van der Waals surface area contributed by atoms with E-state index in [1.807, 2.05) is 5.38 Å². The van der Waals surface area contributed by atoms with Gasteiger partial charge in [0.15, 0.2) is 5.13 Å². The Balaban J connectivity index is 1.90. The first-order valence-corrected chi connectivity index (χ1v) is 11.1. The van der Waals surface area contributed by atoms with Gasteiger partial charge in [-0.15, -0.1) is 11.3 Å². The third-order valence-corrected chi connectivity index (χ3v) is 7.02. The third kappa shape index (κ3) is 3.57. The summed E-state index contributed by atoms with van der Waals surface area (Å²) in [5.74, 6) is -2.07. The predicted molar refractivity (Wildman–Crippen MR) is 120 cm³/mol. The molecular weight excluding hydrogens is 452 g/mol. The van der Waals surface area contributed by atoms with Gasteiger partial charge in [-0.05, 0) is 30.5 Å². The van der Waals surface area contributed by atoms with Crippen LogP contribution in [0.25, 0.3) is 5.76 Å². The molecule has 0 saturated carbocycles. The lowest BCUT2D eigenvalue weighted by Crippen LogP contribution is -2.29. The lowest BCUT2D eigenvalue weighted by molar-refractivity contribution is -0.132. The van der Waals surface area contributed by atoms with Gasteiger partial charge in [-0.1, -0.05) is 29.5 Å². The van der Waals surface area contributed by atoms with Crippen LogP contribution in [0.15, 0.2) is 47.4 Å². The quantitative estimate of drug-likeness (QED) is 0.261. The van der Waals surface area contributed by atoms with E-state index in [0.29, 0.717) is 21.9 Å². The second-order valence-electron chi connectivity index (χ2n) is 6.82. The molecule has 3 aromatic rings. The van der Waals surface area contributed by atoms with Gasteiger partial charge in [-0.3, -0.25) is 14.5 Å². The summed E-state index contributed by atoms with van der Waals surface area (Å²) < 4.78 is 9.99. The van der Waals surface area contributed by atoms with E-state index < -0.39 is 23.7 Å². The van der Waals surface area contributed by atoms with Crippen LogP contribution in [0.1, 0.15) is 31.8 Å². The number of hydrogen-bond acceptors (Lipinski definition) is 9. The monoisotopic (exact) mass is 470 g/mol. The Morgan fingerprint density at radius 1 is 1.19 bits per heavy atom. The fraction of sp³-hybridized carbons (Fsp3) is 0.182. The van der Waals surface area contributed by atoms with Crippen molar-refractivity contribution < 1.29 is 29.0 Å². The van der Waals surface area contributed by atoms with Crippen molar-refractivity contribution in [3.63, 3.8) is 0 Å².